The molecule has 1 saturated heterocycles. The van der Waals surface area contributed by atoms with Crippen LogP contribution in [0, 0.1) is 0 Å². The van der Waals surface area contributed by atoms with Gasteiger partial charge in [0.25, 0.3) is 0 Å². The number of anilines is 1. The van der Waals surface area contributed by atoms with Gasteiger partial charge in [-0.25, -0.2) is 4.79 Å². The van der Waals surface area contributed by atoms with Crippen molar-refractivity contribution in [1.29, 1.82) is 0 Å². The number of carbonyl (C=O) groups is 2. The van der Waals surface area contributed by atoms with Crippen LogP contribution in [0.2, 0.25) is 0 Å². The van der Waals surface area contributed by atoms with Crippen molar-refractivity contribution < 1.29 is 23.8 Å². The smallest absolute Gasteiger partial charge is 0.326 e. The van der Waals surface area contributed by atoms with E-state index in [0.717, 1.165) is 41.4 Å². The number of nitrogens with zero attached hydrogens (tertiary/aromatic N) is 3. The fraction of sp³-hybridized carbons (Fsp3) is 0.467. The number of urea groups is 1. The molecule has 1 aliphatic rings. The molecule has 204 valence electrons. The van der Waals surface area contributed by atoms with Crippen molar-refractivity contribution in [2.45, 2.75) is 65.6 Å². The molecule has 0 saturated carbocycles. The van der Waals surface area contributed by atoms with Gasteiger partial charge < -0.3 is 23.7 Å². The van der Waals surface area contributed by atoms with Crippen LogP contribution in [0.4, 0.5) is 10.5 Å². The number of carbonyl (C=O) groups excluding carboxylic acids is 2. The Morgan fingerprint density at radius 2 is 1.84 bits per heavy atom. The second kappa shape index (κ2) is 11.8. The maximum Gasteiger partial charge on any atom is 0.326 e. The highest BCUT2D eigenvalue weighted by Crippen LogP contribution is 2.34. The number of aromatic nitrogens is 1. The Hall–Kier alpha value is -3.68. The van der Waals surface area contributed by atoms with Crippen molar-refractivity contribution >= 4 is 28.6 Å². The van der Waals surface area contributed by atoms with Crippen molar-refractivity contribution in [3.05, 3.63) is 54.2 Å². The van der Waals surface area contributed by atoms with Gasteiger partial charge in [-0.3, -0.25) is 9.69 Å². The maximum atomic E-state index is 13.4. The standard InChI is InChI=1S/C30H39N3O5/c1-6-7-8-18-37-27-19-23(12-13-26(27)36-5)33-17-16-32(29(33)35)20-22-10-9-11-25-24(22)14-15-31(25)21-28(34)38-30(2,3)4/h9-15,19H,6-8,16-18,20-21H2,1-5H3. The van der Waals surface area contributed by atoms with E-state index in [1.54, 1.807) is 12.0 Å². The summed E-state index contributed by atoms with van der Waals surface area (Å²) >= 11 is 0. The van der Waals surface area contributed by atoms with Gasteiger partial charge in [-0.05, 0) is 57.0 Å². The van der Waals surface area contributed by atoms with Crippen molar-refractivity contribution in [2.24, 2.45) is 0 Å². The quantitative estimate of drug-likeness (QED) is 0.228. The summed E-state index contributed by atoms with van der Waals surface area (Å²) < 4.78 is 18.8. The number of unbranched alkanes of at least 4 members (excludes halogenated alkanes) is 2. The van der Waals surface area contributed by atoms with E-state index in [1.807, 2.05) is 78.9 Å². The molecule has 4 rings (SSSR count). The van der Waals surface area contributed by atoms with Crippen LogP contribution < -0.4 is 14.4 Å². The lowest BCUT2D eigenvalue weighted by Crippen LogP contribution is -2.31. The van der Waals surface area contributed by atoms with Gasteiger partial charge in [0.1, 0.15) is 12.1 Å². The maximum absolute atomic E-state index is 13.4. The van der Waals surface area contributed by atoms with E-state index in [9.17, 15) is 9.59 Å². The third-order valence-electron chi connectivity index (χ3n) is 6.54. The van der Waals surface area contributed by atoms with E-state index < -0.39 is 5.60 Å². The number of fused-ring (bicyclic) bond motifs is 1. The van der Waals surface area contributed by atoms with Crippen LogP contribution in [0.5, 0.6) is 11.5 Å². The zero-order valence-corrected chi connectivity index (χ0v) is 23.2. The predicted molar refractivity (Wildman–Crippen MR) is 149 cm³/mol. The minimum Gasteiger partial charge on any atom is -0.493 e. The summed E-state index contributed by atoms with van der Waals surface area (Å²) in [6.45, 7) is 10.2. The monoisotopic (exact) mass is 521 g/mol. The average molecular weight is 522 g/mol. The van der Waals surface area contributed by atoms with E-state index in [1.165, 1.54) is 0 Å². The van der Waals surface area contributed by atoms with E-state index >= 15 is 0 Å². The number of rotatable bonds is 11. The molecular formula is C30H39N3O5. The predicted octanol–water partition coefficient (Wildman–Crippen LogP) is 6.00. The number of ether oxygens (including phenoxy) is 3. The van der Waals surface area contributed by atoms with E-state index in [2.05, 4.69) is 6.92 Å². The minimum absolute atomic E-state index is 0.0442. The Kier molecular flexibility index (Phi) is 8.49. The summed E-state index contributed by atoms with van der Waals surface area (Å²) in [4.78, 5) is 29.4. The molecule has 3 aromatic rings. The van der Waals surface area contributed by atoms with E-state index in [-0.39, 0.29) is 18.5 Å². The lowest BCUT2D eigenvalue weighted by Gasteiger charge is -2.21. The fourth-order valence-corrected chi connectivity index (χ4v) is 4.73. The van der Waals surface area contributed by atoms with Crippen LogP contribution in [-0.4, -0.2) is 53.9 Å². The minimum atomic E-state index is -0.529. The molecule has 2 amide bonds. The van der Waals surface area contributed by atoms with Gasteiger partial charge in [0, 0.05) is 48.5 Å². The molecule has 2 aromatic carbocycles. The van der Waals surface area contributed by atoms with Gasteiger partial charge in [-0.15, -0.1) is 0 Å². The van der Waals surface area contributed by atoms with E-state index in [0.29, 0.717) is 37.7 Å². The molecule has 0 atom stereocenters. The normalized spacial score (nSPS) is 13.9. The second-order valence-corrected chi connectivity index (χ2v) is 10.6. The summed E-state index contributed by atoms with van der Waals surface area (Å²) in [7, 11) is 1.62. The lowest BCUT2D eigenvalue weighted by atomic mass is 10.1. The van der Waals surface area contributed by atoms with Gasteiger partial charge in [0.2, 0.25) is 0 Å². The number of hydrogen-bond donors (Lipinski definition) is 0. The molecular weight excluding hydrogens is 482 g/mol. The molecule has 0 radical (unpaired) electrons. The molecule has 8 nitrogen and oxygen atoms in total. The Labute approximate surface area is 225 Å². The van der Waals surface area contributed by atoms with Crippen molar-refractivity contribution in [2.75, 3.05) is 31.7 Å². The molecule has 0 bridgehead atoms. The lowest BCUT2D eigenvalue weighted by molar-refractivity contribution is -0.155. The zero-order valence-electron chi connectivity index (χ0n) is 23.2. The van der Waals surface area contributed by atoms with Crippen LogP contribution in [0.25, 0.3) is 10.9 Å². The molecule has 0 aliphatic carbocycles. The van der Waals surface area contributed by atoms with Crippen molar-refractivity contribution in [3.8, 4) is 11.5 Å². The Balaban J connectivity index is 1.46. The van der Waals surface area contributed by atoms with Crippen molar-refractivity contribution in [1.82, 2.24) is 9.47 Å². The number of methoxy groups -OCH3 is 1. The Bertz CT molecular complexity index is 1280. The van der Waals surface area contributed by atoms with Crippen LogP contribution >= 0.6 is 0 Å². The first-order valence-corrected chi connectivity index (χ1v) is 13.4. The summed E-state index contributed by atoms with van der Waals surface area (Å²) in [6.07, 6.45) is 5.11. The zero-order chi connectivity index (χ0) is 27.3. The number of esters is 1. The topological polar surface area (TPSA) is 73.2 Å². The van der Waals surface area contributed by atoms with E-state index in [4.69, 9.17) is 14.2 Å². The molecule has 0 N–H and O–H groups in total. The first kappa shape index (κ1) is 27.4. The highest BCUT2D eigenvalue weighted by molar-refractivity contribution is 5.95. The highest BCUT2D eigenvalue weighted by atomic mass is 16.6. The number of amides is 2. The van der Waals surface area contributed by atoms with Gasteiger partial charge in [0.15, 0.2) is 11.5 Å². The largest absolute Gasteiger partial charge is 0.493 e. The molecule has 8 heteroatoms. The first-order valence-electron chi connectivity index (χ1n) is 13.4. The van der Waals surface area contributed by atoms with Crippen LogP contribution in [0.3, 0.4) is 0 Å². The van der Waals surface area contributed by atoms with Crippen LogP contribution in [0.1, 0.15) is 52.5 Å². The van der Waals surface area contributed by atoms with Gasteiger partial charge in [0.05, 0.1) is 13.7 Å². The summed E-state index contributed by atoms with van der Waals surface area (Å²) in [6, 6.07) is 13.6. The van der Waals surface area contributed by atoms with Gasteiger partial charge in [-0.1, -0.05) is 31.9 Å². The SMILES string of the molecule is CCCCCOc1cc(N2CCN(Cc3cccc4c3ccn4CC(=O)OC(C)(C)C)C2=O)ccc1OC. The third-order valence-corrected chi connectivity index (χ3v) is 6.54. The van der Waals surface area contributed by atoms with Crippen LogP contribution in [-0.2, 0) is 22.6 Å². The first-order chi connectivity index (χ1) is 18.2. The fourth-order valence-electron chi connectivity index (χ4n) is 4.73. The van der Waals surface area contributed by atoms with Crippen LogP contribution in [0.15, 0.2) is 48.7 Å². The third kappa shape index (κ3) is 6.41. The highest BCUT2D eigenvalue weighted by Gasteiger charge is 2.30. The molecule has 1 fully saturated rings. The molecule has 0 spiro atoms. The van der Waals surface area contributed by atoms with Crippen molar-refractivity contribution in [3.63, 3.8) is 0 Å². The van der Waals surface area contributed by atoms with Gasteiger partial charge in [-0.2, -0.15) is 0 Å². The Morgan fingerprint density at radius 1 is 1.03 bits per heavy atom. The summed E-state index contributed by atoms with van der Waals surface area (Å²) in [5.74, 6) is 1.04. The molecule has 0 unspecified atom stereocenters. The Morgan fingerprint density at radius 3 is 2.58 bits per heavy atom. The average Bonchev–Trinajstić information content (AvgIpc) is 3.44. The summed E-state index contributed by atoms with van der Waals surface area (Å²) in [5.41, 5.74) is 2.25. The molecule has 1 aromatic heterocycles. The molecule has 2 heterocycles. The summed E-state index contributed by atoms with van der Waals surface area (Å²) in [5, 5.41) is 1.02. The molecule has 38 heavy (non-hydrogen) atoms. The number of hydrogen-bond acceptors (Lipinski definition) is 5. The van der Waals surface area contributed by atoms with Gasteiger partial charge >= 0.3 is 12.0 Å². The second-order valence-electron chi connectivity index (χ2n) is 10.6. The number of benzene rings is 2. The molecule has 1 aliphatic heterocycles.